The lowest BCUT2D eigenvalue weighted by molar-refractivity contribution is 0.901. The molecule has 1 aromatic heterocycles. The molecule has 0 spiro atoms. The summed E-state index contributed by atoms with van der Waals surface area (Å²) in [6.07, 6.45) is 0. The second-order valence-electron chi connectivity index (χ2n) is 3.07. The van der Waals surface area contributed by atoms with Crippen LogP contribution in [0.2, 0.25) is 0 Å². The first-order valence-electron chi connectivity index (χ1n) is 4.38. The molecule has 4 N–H and O–H groups in total. The minimum atomic E-state index is 0.551. The topological polar surface area (TPSA) is 66.7 Å². The highest BCUT2D eigenvalue weighted by atomic mass is 32.1. The molecule has 2 aromatic rings. The van der Waals surface area contributed by atoms with Crippen molar-refractivity contribution >= 4 is 23.8 Å². The molecule has 2 rings (SSSR count). The Morgan fingerprint density at radius 2 is 2.36 bits per heavy atom. The summed E-state index contributed by atoms with van der Waals surface area (Å²) in [5.74, 6) is 0.879. The molecule has 0 atom stereocenters. The normalized spacial score (nSPS) is 11.0. The van der Waals surface area contributed by atoms with Crippen molar-refractivity contribution in [2.45, 2.75) is 13.1 Å². The number of benzene rings is 1. The van der Waals surface area contributed by atoms with Crippen LogP contribution in [-0.4, -0.2) is 9.97 Å². The minimum absolute atomic E-state index is 0.551. The Kier molecular flexibility index (Phi) is 2.72. The number of H-pyrrole nitrogens is 1. The molecule has 1 aromatic carbocycles. The zero-order valence-corrected chi connectivity index (χ0v) is 8.51. The largest absolute Gasteiger partial charge is 0.341 e. The zero-order chi connectivity index (χ0) is 9.97. The Labute approximate surface area is 87.5 Å². The van der Waals surface area contributed by atoms with E-state index in [0.717, 1.165) is 22.4 Å². The molecule has 0 aliphatic rings. The molecule has 0 aliphatic carbocycles. The van der Waals surface area contributed by atoms with Crippen molar-refractivity contribution in [2.24, 2.45) is 5.73 Å². The number of aromatic nitrogens is 2. The van der Waals surface area contributed by atoms with Crippen molar-refractivity contribution < 1.29 is 0 Å². The molecule has 0 amide bonds. The number of aromatic amines is 1. The molecule has 0 fully saturated rings. The Bertz CT molecular complexity index is 437. The average Bonchev–Trinajstić information content (AvgIpc) is 2.59. The zero-order valence-electron chi connectivity index (χ0n) is 7.62. The predicted octanol–water partition coefficient (Wildman–Crippen LogP) is 0.956. The van der Waals surface area contributed by atoms with E-state index in [4.69, 9.17) is 5.73 Å². The maximum absolute atomic E-state index is 5.55. The van der Waals surface area contributed by atoms with E-state index in [-0.39, 0.29) is 0 Å². The van der Waals surface area contributed by atoms with Gasteiger partial charge in [0.15, 0.2) is 0 Å². The fourth-order valence-corrected chi connectivity index (χ4v) is 1.54. The van der Waals surface area contributed by atoms with Crippen LogP contribution in [0.3, 0.4) is 0 Å². The van der Waals surface area contributed by atoms with Crippen LogP contribution in [0.15, 0.2) is 18.2 Å². The third kappa shape index (κ3) is 1.75. The van der Waals surface area contributed by atoms with Gasteiger partial charge < -0.3 is 10.7 Å². The van der Waals surface area contributed by atoms with Crippen molar-refractivity contribution in [1.82, 2.24) is 14.7 Å². The quantitative estimate of drug-likeness (QED) is 0.568. The number of nitrogens with one attached hydrogen (secondary N) is 2. The van der Waals surface area contributed by atoms with Gasteiger partial charge in [-0.05, 0) is 17.7 Å². The molecule has 4 nitrogen and oxygen atoms in total. The van der Waals surface area contributed by atoms with Crippen LogP contribution in [0, 0.1) is 0 Å². The van der Waals surface area contributed by atoms with Crippen molar-refractivity contribution in [1.29, 1.82) is 0 Å². The molecule has 0 unspecified atom stereocenters. The van der Waals surface area contributed by atoms with Gasteiger partial charge in [-0.15, -0.1) is 0 Å². The number of imidazole rings is 1. The fourth-order valence-electron chi connectivity index (χ4n) is 1.40. The molecule has 0 saturated heterocycles. The highest BCUT2D eigenvalue weighted by Gasteiger charge is 2.01. The van der Waals surface area contributed by atoms with E-state index in [9.17, 15) is 0 Å². The summed E-state index contributed by atoms with van der Waals surface area (Å²) in [5, 5.41) is 0. The Morgan fingerprint density at radius 1 is 1.50 bits per heavy atom. The van der Waals surface area contributed by atoms with Gasteiger partial charge in [0.1, 0.15) is 5.82 Å². The number of hydrogen-bond donors (Lipinski definition) is 4. The lowest BCUT2D eigenvalue weighted by atomic mass is 10.2. The van der Waals surface area contributed by atoms with E-state index < -0.39 is 0 Å². The van der Waals surface area contributed by atoms with Crippen LogP contribution >= 0.6 is 12.8 Å². The van der Waals surface area contributed by atoms with Crippen molar-refractivity contribution in [3.8, 4) is 0 Å². The van der Waals surface area contributed by atoms with E-state index in [0.29, 0.717) is 13.1 Å². The van der Waals surface area contributed by atoms with Crippen LogP contribution in [-0.2, 0) is 13.1 Å². The van der Waals surface area contributed by atoms with Crippen LogP contribution in [0.1, 0.15) is 11.4 Å². The number of nitrogens with zero attached hydrogens (tertiary/aromatic N) is 1. The van der Waals surface area contributed by atoms with Crippen molar-refractivity contribution in [2.75, 3.05) is 0 Å². The molecule has 1 heterocycles. The van der Waals surface area contributed by atoms with Crippen molar-refractivity contribution in [3.63, 3.8) is 0 Å². The number of nitrogens with two attached hydrogens (primary N) is 1. The van der Waals surface area contributed by atoms with E-state index in [1.165, 1.54) is 0 Å². The summed E-state index contributed by atoms with van der Waals surface area (Å²) in [4.78, 5) is 7.56. The summed E-state index contributed by atoms with van der Waals surface area (Å²) in [5.41, 5.74) is 8.63. The second kappa shape index (κ2) is 4.00. The molecular weight excluding hydrogens is 196 g/mol. The minimum Gasteiger partial charge on any atom is -0.341 e. The average molecular weight is 208 g/mol. The maximum atomic E-state index is 5.55. The van der Waals surface area contributed by atoms with E-state index in [1.54, 1.807) is 0 Å². The van der Waals surface area contributed by atoms with Crippen LogP contribution in [0.25, 0.3) is 11.0 Å². The Morgan fingerprint density at radius 3 is 3.07 bits per heavy atom. The number of thiol groups is 1. The SMILES string of the molecule is NCc1ccc2nc(CNS)[nH]c2c1. The first-order valence-corrected chi connectivity index (χ1v) is 4.82. The first kappa shape index (κ1) is 9.51. The van der Waals surface area contributed by atoms with Gasteiger partial charge in [0.2, 0.25) is 0 Å². The van der Waals surface area contributed by atoms with E-state index >= 15 is 0 Å². The summed E-state index contributed by atoms with van der Waals surface area (Å²) >= 11 is 3.92. The van der Waals surface area contributed by atoms with Gasteiger partial charge in [-0.2, -0.15) is 0 Å². The molecule has 0 aliphatic heterocycles. The second-order valence-corrected chi connectivity index (χ2v) is 3.39. The summed E-state index contributed by atoms with van der Waals surface area (Å²) in [7, 11) is 0. The molecule has 0 saturated carbocycles. The van der Waals surface area contributed by atoms with Gasteiger partial charge in [-0.1, -0.05) is 18.9 Å². The van der Waals surface area contributed by atoms with Gasteiger partial charge >= 0.3 is 0 Å². The van der Waals surface area contributed by atoms with Gasteiger partial charge in [0.05, 0.1) is 17.6 Å². The molecule has 0 bridgehead atoms. The lowest BCUT2D eigenvalue weighted by Gasteiger charge is -1.94. The first-order chi connectivity index (χ1) is 6.83. The highest BCUT2D eigenvalue weighted by molar-refractivity contribution is 7.78. The van der Waals surface area contributed by atoms with Crippen molar-refractivity contribution in [3.05, 3.63) is 29.6 Å². The standard InChI is InChI=1S/C9H12N4S/c10-4-6-1-2-7-8(3-6)13-9(12-7)5-11-14/h1-3,11,14H,4-5,10H2,(H,12,13). The van der Waals surface area contributed by atoms with E-state index in [1.807, 2.05) is 18.2 Å². The Balaban J connectivity index is 2.43. The van der Waals surface area contributed by atoms with Gasteiger partial charge in [0.25, 0.3) is 0 Å². The summed E-state index contributed by atoms with van der Waals surface area (Å²) in [6.45, 7) is 1.17. The van der Waals surface area contributed by atoms with Crippen LogP contribution < -0.4 is 10.5 Å². The maximum Gasteiger partial charge on any atom is 0.122 e. The smallest absolute Gasteiger partial charge is 0.122 e. The highest BCUT2D eigenvalue weighted by Crippen LogP contribution is 2.13. The van der Waals surface area contributed by atoms with Crippen LogP contribution in [0.5, 0.6) is 0 Å². The third-order valence-electron chi connectivity index (χ3n) is 2.08. The third-order valence-corrected chi connectivity index (χ3v) is 2.24. The molecule has 0 radical (unpaired) electrons. The van der Waals surface area contributed by atoms with Gasteiger partial charge in [0, 0.05) is 6.54 Å². The Hall–Kier alpha value is -1.04. The van der Waals surface area contributed by atoms with Crippen LogP contribution in [0.4, 0.5) is 0 Å². The molecule has 74 valence electrons. The number of rotatable bonds is 3. The molecular formula is C9H12N4S. The lowest BCUT2D eigenvalue weighted by Crippen LogP contribution is -1.99. The van der Waals surface area contributed by atoms with E-state index in [2.05, 4.69) is 27.5 Å². The number of fused-ring (bicyclic) bond motifs is 1. The summed E-state index contributed by atoms with van der Waals surface area (Å²) in [6, 6.07) is 5.97. The predicted molar refractivity (Wildman–Crippen MR) is 59.8 cm³/mol. The monoisotopic (exact) mass is 208 g/mol. The number of hydrogen-bond acceptors (Lipinski definition) is 4. The van der Waals surface area contributed by atoms with Gasteiger partial charge in [-0.3, -0.25) is 4.72 Å². The summed E-state index contributed by atoms with van der Waals surface area (Å²) < 4.78 is 2.75. The molecule has 5 heteroatoms. The fraction of sp³-hybridized carbons (Fsp3) is 0.222. The van der Waals surface area contributed by atoms with Gasteiger partial charge in [-0.25, -0.2) is 4.98 Å². The molecule has 14 heavy (non-hydrogen) atoms.